The molecule has 0 aliphatic carbocycles. The van der Waals surface area contributed by atoms with Gasteiger partial charge in [-0.15, -0.1) is 0 Å². The summed E-state index contributed by atoms with van der Waals surface area (Å²) in [7, 11) is -41.2. The number of nitrogens with zero attached hydrogens (tertiary/aromatic N) is 5. The summed E-state index contributed by atoms with van der Waals surface area (Å²) >= 11 is 0. The maximum atomic E-state index is 13.0. The second-order valence-electron chi connectivity index (χ2n) is 14.9. The minimum absolute atomic E-state index is 0.324. The molecule has 0 saturated heterocycles. The number of pyridine rings is 5. The number of aromatic nitrogens is 5. The summed E-state index contributed by atoms with van der Waals surface area (Å²) in [6.45, 7) is 2.50. The van der Waals surface area contributed by atoms with Gasteiger partial charge in [-0.25, -0.2) is 18.9 Å². The zero-order valence-electron chi connectivity index (χ0n) is 35.4. The van der Waals surface area contributed by atoms with E-state index in [1.165, 1.54) is 7.11 Å². The SMILES string of the molecule is COC(=O)c1c2cccc1C[n+]1ccc(cc1)-c1cc[n+](cc1)Cc1cccc(n1)C[n+]1ccc(cc1)-c1cc[n+](cc1)C2.F[P-](F)(F)(F)(F)F.F[P-](F)(F)(F)(F)F.F[P-](F)(F)(F)(F)F.F[P-](F)(F)(F)(F)F. The second kappa shape index (κ2) is 17.6. The van der Waals surface area contributed by atoms with Crippen LogP contribution in [0.2, 0.25) is 0 Å². The number of rotatable bonds is 1. The third-order valence-corrected chi connectivity index (χ3v) is 8.12. The Bertz CT molecular complexity index is 2600. The molecule has 0 fully saturated rings. The fraction of sp³-hybridized carbons (Fsp3) is 0.135. The summed E-state index contributed by atoms with van der Waals surface area (Å²) in [5.41, 5.74) is 9.01. The molecule has 0 unspecified atom stereocenters. The Morgan fingerprint density at radius 3 is 0.806 bits per heavy atom. The van der Waals surface area contributed by atoms with Crippen molar-refractivity contribution < 1.29 is 129 Å². The van der Waals surface area contributed by atoms with Crippen LogP contribution >= 0.6 is 31.2 Å². The van der Waals surface area contributed by atoms with E-state index in [0.29, 0.717) is 31.7 Å². The number of carbonyl (C=O) groups excluding carboxylic acids is 1. The van der Waals surface area contributed by atoms with Crippen LogP contribution in [-0.4, -0.2) is 18.1 Å². The van der Waals surface area contributed by atoms with Crippen LogP contribution in [0, 0.1) is 0 Å². The van der Waals surface area contributed by atoms with Crippen molar-refractivity contribution in [3.05, 3.63) is 163 Å². The molecule has 0 spiro atoms. The molecular formula is C37H33F24N5O2P4. The van der Waals surface area contributed by atoms with Crippen molar-refractivity contribution in [3.8, 4) is 22.3 Å². The van der Waals surface area contributed by atoms with E-state index in [9.17, 15) is 106 Å². The predicted molar refractivity (Wildman–Crippen MR) is 217 cm³/mol. The van der Waals surface area contributed by atoms with Crippen molar-refractivity contribution in [2.75, 3.05) is 7.11 Å². The molecule has 5 aromatic heterocycles. The summed E-state index contributed by atoms with van der Waals surface area (Å²) in [5.74, 6) is -0.324. The van der Waals surface area contributed by atoms with Gasteiger partial charge in [0.1, 0.15) is 11.4 Å². The second-order valence-corrected chi connectivity index (χ2v) is 22.6. The summed E-state index contributed by atoms with van der Waals surface area (Å²) in [6.07, 6.45) is 16.6. The average Bonchev–Trinajstić information content (AvgIpc) is 3.14. The van der Waals surface area contributed by atoms with Gasteiger partial charge in [0.15, 0.2) is 75.8 Å². The molecule has 0 N–H and O–H groups in total. The van der Waals surface area contributed by atoms with Gasteiger partial charge in [0, 0.05) is 59.7 Å². The number of carbonyl (C=O) groups is 1. The van der Waals surface area contributed by atoms with Gasteiger partial charge in [-0.2, -0.15) is 9.13 Å². The zero-order chi connectivity index (χ0) is 55.5. The molecule has 0 saturated carbocycles. The molecule has 12 bridgehead atoms. The van der Waals surface area contributed by atoms with Crippen LogP contribution in [0.1, 0.15) is 32.9 Å². The normalized spacial score (nSPS) is 16.6. The Kier molecular flexibility index (Phi) is 14.8. The van der Waals surface area contributed by atoms with Crippen LogP contribution < -0.4 is 18.3 Å². The Labute approximate surface area is 388 Å². The van der Waals surface area contributed by atoms with Gasteiger partial charge in [0.2, 0.25) is 0 Å². The van der Waals surface area contributed by atoms with Gasteiger partial charge in [-0.05, 0) is 34.4 Å². The number of benzene rings is 1. The Balaban J connectivity index is 0.000000399. The number of halogens is 24. The Morgan fingerprint density at radius 2 is 0.583 bits per heavy atom. The van der Waals surface area contributed by atoms with Crippen molar-refractivity contribution in [2.24, 2.45) is 0 Å². The van der Waals surface area contributed by atoms with Gasteiger partial charge >= 0.3 is 138 Å². The summed E-state index contributed by atoms with van der Waals surface area (Å²) in [4.78, 5) is 18.0. The molecule has 406 valence electrons. The maximum absolute atomic E-state index is 13.0. The van der Waals surface area contributed by atoms with Gasteiger partial charge in [0.25, 0.3) is 0 Å². The topological polar surface area (TPSA) is 54.7 Å². The van der Waals surface area contributed by atoms with Crippen molar-refractivity contribution in [1.29, 1.82) is 0 Å². The first kappa shape index (κ1) is 60.8. The van der Waals surface area contributed by atoms with Crippen LogP contribution in [0.15, 0.2) is 135 Å². The molecule has 72 heavy (non-hydrogen) atoms. The molecule has 7 aliphatic heterocycles. The van der Waals surface area contributed by atoms with E-state index in [0.717, 1.165) is 44.8 Å². The molecule has 6 aromatic rings. The summed E-state index contributed by atoms with van der Waals surface area (Å²) < 4.78 is 250. The number of esters is 1. The van der Waals surface area contributed by atoms with E-state index in [1.807, 2.05) is 18.2 Å². The molecular weight excluding hydrogens is 1130 g/mol. The van der Waals surface area contributed by atoms with E-state index < -0.39 is 31.2 Å². The third-order valence-electron chi connectivity index (χ3n) is 8.12. The van der Waals surface area contributed by atoms with Crippen molar-refractivity contribution in [2.45, 2.75) is 26.2 Å². The van der Waals surface area contributed by atoms with Crippen LogP contribution in [0.3, 0.4) is 0 Å². The Morgan fingerprint density at radius 1 is 0.375 bits per heavy atom. The van der Waals surface area contributed by atoms with Gasteiger partial charge < -0.3 is 4.74 Å². The van der Waals surface area contributed by atoms with Crippen molar-refractivity contribution in [1.82, 2.24) is 4.98 Å². The van der Waals surface area contributed by atoms with Crippen molar-refractivity contribution >= 4 is 37.2 Å². The molecule has 7 aliphatic rings. The molecule has 0 amide bonds. The first-order valence-corrected chi connectivity index (χ1v) is 26.9. The molecule has 13 rings (SSSR count). The number of hydrogen-bond acceptors (Lipinski definition) is 3. The van der Waals surface area contributed by atoms with E-state index in [-0.39, 0.29) is 5.97 Å². The van der Waals surface area contributed by atoms with E-state index in [1.54, 1.807) is 0 Å². The predicted octanol–water partition coefficient (Wildman–Crippen LogP) is 17.4. The van der Waals surface area contributed by atoms with E-state index in [4.69, 9.17) is 9.72 Å². The monoisotopic (exact) mass is 1160 g/mol. The minimum atomic E-state index is -10.7. The first-order chi connectivity index (χ1) is 31.4. The number of hydrogen-bond donors (Lipinski definition) is 0. The first-order valence-electron chi connectivity index (χ1n) is 18.8. The average molecular weight is 1160 g/mol. The number of methoxy groups -OCH3 is 1. The molecule has 7 nitrogen and oxygen atoms in total. The van der Waals surface area contributed by atoms with Gasteiger partial charge in [-0.1, -0.05) is 24.3 Å². The fourth-order valence-corrected chi connectivity index (χ4v) is 5.77. The summed E-state index contributed by atoms with van der Waals surface area (Å²) in [5, 5.41) is 0. The Hall–Kier alpha value is -5.52. The van der Waals surface area contributed by atoms with E-state index >= 15 is 0 Å². The molecule has 12 heterocycles. The standard InChI is InChI=1S/C37H33N5O2.4F6P/c1-44-37(43)36-32-4-2-5-33(36)25-40-18-10-29(11-19-40)31-14-22-42(23-15-31)27-35-7-3-6-34(38-35)26-41-20-12-30(13-21-41)28-8-16-39(24-32)17-9-28;4*1-7(2,3,4,5)6/h2-23H,24-27H2,1H3;;;;/q+4;4*-1. The van der Waals surface area contributed by atoms with Crippen LogP contribution in [0.25, 0.3) is 22.3 Å². The molecule has 35 heteroatoms. The molecule has 0 atom stereocenters. The van der Waals surface area contributed by atoms with Crippen molar-refractivity contribution in [3.63, 3.8) is 0 Å². The summed E-state index contributed by atoms with van der Waals surface area (Å²) in [6, 6.07) is 29.2. The van der Waals surface area contributed by atoms with Crippen LogP contribution in [-0.2, 0) is 30.9 Å². The van der Waals surface area contributed by atoms with Crippen LogP contribution in [0.5, 0.6) is 0 Å². The number of ether oxygens (including phenoxy) is 1. The molecule has 0 radical (unpaired) electrons. The quantitative estimate of drug-likeness (QED) is 0.0712. The third kappa shape index (κ3) is 33.2. The fourth-order valence-electron chi connectivity index (χ4n) is 5.77. The van der Waals surface area contributed by atoms with Gasteiger partial charge in [0.05, 0.1) is 12.7 Å². The molecule has 1 aromatic carbocycles. The van der Waals surface area contributed by atoms with E-state index in [2.05, 4.69) is 135 Å². The zero-order valence-corrected chi connectivity index (χ0v) is 39.0. The van der Waals surface area contributed by atoms with Gasteiger partial charge in [-0.3, -0.25) is 0 Å². The van der Waals surface area contributed by atoms with Crippen LogP contribution in [0.4, 0.5) is 101 Å².